The Kier molecular flexibility index (Phi) is 3.34. The predicted molar refractivity (Wildman–Crippen MR) is 46.4 cm³/mol. The van der Waals surface area contributed by atoms with E-state index in [0.717, 1.165) is 6.29 Å². The van der Waals surface area contributed by atoms with Crippen LogP contribution in [0.4, 0.5) is 0 Å². The van der Waals surface area contributed by atoms with Gasteiger partial charge in [-0.3, -0.25) is 4.79 Å². The van der Waals surface area contributed by atoms with Crippen molar-refractivity contribution < 1.29 is 4.79 Å². The Hall–Kier alpha value is -0.590. The fourth-order valence-electron chi connectivity index (χ4n) is 1.80. The fraction of sp³-hybridized carbons (Fsp3) is 0.700. The molecule has 0 amide bonds. The SMILES string of the molecule is C/C(=C/C=O)C1CCCCC1. The van der Waals surface area contributed by atoms with E-state index in [2.05, 4.69) is 6.92 Å². The van der Waals surface area contributed by atoms with Crippen LogP contribution in [0.3, 0.4) is 0 Å². The lowest BCUT2D eigenvalue weighted by atomic mass is 9.84. The Balaban J connectivity index is 2.44. The Morgan fingerprint density at radius 1 is 1.27 bits per heavy atom. The van der Waals surface area contributed by atoms with Crippen molar-refractivity contribution in [1.82, 2.24) is 0 Å². The summed E-state index contributed by atoms with van der Waals surface area (Å²) in [5.41, 5.74) is 1.28. The van der Waals surface area contributed by atoms with Gasteiger partial charge in [-0.1, -0.05) is 24.8 Å². The van der Waals surface area contributed by atoms with Crippen LogP contribution in [0.1, 0.15) is 39.0 Å². The van der Waals surface area contributed by atoms with Crippen molar-refractivity contribution in [2.24, 2.45) is 5.92 Å². The molecule has 0 radical (unpaired) electrons. The fourth-order valence-corrected chi connectivity index (χ4v) is 1.80. The van der Waals surface area contributed by atoms with Gasteiger partial charge in [-0.05, 0) is 31.8 Å². The molecule has 1 aliphatic carbocycles. The molecule has 1 nitrogen and oxygen atoms in total. The molecule has 1 saturated carbocycles. The summed E-state index contributed by atoms with van der Waals surface area (Å²) in [4.78, 5) is 10.2. The minimum absolute atomic E-state index is 0.703. The molecule has 1 rings (SSSR count). The van der Waals surface area contributed by atoms with Crippen LogP contribution in [-0.4, -0.2) is 6.29 Å². The summed E-state index contributed by atoms with van der Waals surface area (Å²) in [7, 11) is 0. The van der Waals surface area contributed by atoms with Crippen molar-refractivity contribution in [2.75, 3.05) is 0 Å². The molecule has 1 aliphatic rings. The van der Waals surface area contributed by atoms with Gasteiger partial charge in [0.2, 0.25) is 0 Å². The predicted octanol–water partition coefficient (Wildman–Crippen LogP) is 2.71. The topological polar surface area (TPSA) is 17.1 Å². The monoisotopic (exact) mass is 152 g/mol. The summed E-state index contributed by atoms with van der Waals surface area (Å²) in [6, 6.07) is 0. The highest BCUT2D eigenvalue weighted by atomic mass is 16.1. The zero-order chi connectivity index (χ0) is 8.10. The first-order valence-corrected chi connectivity index (χ1v) is 4.46. The Morgan fingerprint density at radius 2 is 1.91 bits per heavy atom. The molecule has 0 aromatic carbocycles. The summed E-state index contributed by atoms with van der Waals surface area (Å²) < 4.78 is 0. The molecule has 0 N–H and O–H groups in total. The average molecular weight is 152 g/mol. The summed E-state index contributed by atoms with van der Waals surface area (Å²) in [6.07, 6.45) is 9.26. The molecule has 0 aliphatic heterocycles. The van der Waals surface area contributed by atoms with E-state index in [9.17, 15) is 4.79 Å². The summed E-state index contributed by atoms with van der Waals surface area (Å²) >= 11 is 0. The smallest absolute Gasteiger partial charge is 0.142 e. The maximum absolute atomic E-state index is 10.2. The first-order valence-electron chi connectivity index (χ1n) is 4.46. The maximum atomic E-state index is 10.2. The van der Waals surface area contributed by atoms with E-state index in [1.165, 1.54) is 37.7 Å². The quantitative estimate of drug-likeness (QED) is 0.439. The Labute approximate surface area is 68.5 Å². The van der Waals surface area contributed by atoms with Crippen LogP contribution in [0.2, 0.25) is 0 Å². The lowest BCUT2D eigenvalue weighted by Crippen LogP contribution is -2.07. The van der Waals surface area contributed by atoms with Gasteiger partial charge in [-0.15, -0.1) is 0 Å². The van der Waals surface area contributed by atoms with Gasteiger partial charge in [0.15, 0.2) is 0 Å². The molecular weight excluding hydrogens is 136 g/mol. The van der Waals surface area contributed by atoms with Crippen molar-refractivity contribution in [3.8, 4) is 0 Å². The van der Waals surface area contributed by atoms with Gasteiger partial charge in [0.1, 0.15) is 6.29 Å². The van der Waals surface area contributed by atoms with Crippen LogP contribution in [0.5, 0.6) is 0 Å². The summed E-state index contributed by atoms with van der Waals surface area (Å²) in [5.74, 6) is 0.703. The third-order valence-electron chi connectivity index (χ3n) is 2.58. The summed E-state index contributed by atoms with van der Waals surface area (Å²) in [6.45, 7) is 2.07. The first-order chi connectivity index (χ1) is 5.34. The van der Waals surface area contributed by atoms with Crippen LogP contribution >= 0.6 is 0 Å². The first kappa shape index (κ1) is 8.51. The number of rotatable bonds is 2. The van der Waals surface area contributed by atoms with E-state index < -0.39 is 0 Å². The highest BCUT2D eigenvalue weighted by molar-refractivity contribution is 5.66. The molecule has 1 fully saturated rings. The van der Waals surface area contributed by atoms with Crippen LogP contribution in [0.25, 0.3) is 0 Å². The van der Waals surface area contributed by atoms with Crippen molar-refractivity contribution in [3.63, 3.8) is 0 Å². The molecule has 0 atom stereocenters. The minimum Gasteiger partial charge on any atom is -0.299 e. The number of allylic oxidation sites excluding steroid dienone is 2. The van der Waals surface area contributed by atoms with Crippen molar-refractivity contribution in [3.05, 3.63) is 11.6 Å². The van der Waals surface area contributed by atoms with E-state index >= 15 is 0 Å². The standard InChI is InChI=1S/C10H16O/c1-9(7-8-11)10-5-3-2-4-6-10/h7-8,10H,2-6H2,1H3/b9-7-. The van der Waals surface area contributed by atoms with Crippen LogP contribution in [0, 0.1) is 5.92 Å². The van der Waals surface area contributed by atoms with Gasteiger partial charge < -0.3 is 0 Å². The van der Waals surface area contributed by atoms with E-state index in [1.807, 2.05) is 0 Å². The van der Waals surface area contributed by atoms with Crippen molar-refractivity contribution >= 4 is 6.29 Å². The normalized spacial score (nSPS) is 21.7. The Morgan fingerprint density at radius 3 is 2.45 bits per heavy atom. The largest absolute Gasteiger partial charge is 0.299 e. The Bertz CT molecular complexity index is 152. The van der Waals surface area contributed by atoms with E-state index in [1.54, 1.807) is 6.08 Å². The molecule has 11 heavy (non-hydrogen) atoms. The molecule has 0 aromatic heterocycles. The number of hydrogen-bond acceptors (Lipinski definition) is 1. The maximum Gasteiger partial charge on any atom is 0.142 e. The second-order valence-electron chi connectivity index (χ2n) is 3.38. The van der Waals surface area contributed by atoms with E-state index in [0.29, 0.717) is 5.92 Å². The second-order valence-corrected chi connectivity index (χ2v) is 3.38. The number of hydrogen-bond donors (Lipinski definition) is 0. The van der Waals surface area contributed by atoms with Crippen LogP contribution in [-0.2, 0) is 4.79 Å². The van der Waals surface area contributed by atoms with Gasteiger partial charge in [-0.2, -0.15) is 0 Å². The van der Waals surface area contributed by atoms with Crippen LogP contribution < -0.4 is 0 Å². The van der Waals surface area contributed by atoms with E-state index in [-0.39, 0.29) is 0 Å². The van der Waals surface area contributed by atoms with Gasteiger partial charge >= 0.3 is 0 Å². The van der Waals surface area contributed by atoms with E-state index in [4.69, 9.17) is 0 Å². The lowest BCUT2D eigenvalue weighted by Gasteiger charge is -2.21. The third kappa shape index (κ3) is 2.49. The van der Waals surface area contributed by atoms with Gasteiger partial charge in [-0.25, -0.2) is 0 Å². The van der Waals surface area contributed by atoms with Crippen molar-refractivity contribution in [1.29, 1.82) is 0 Å². The zero-order valence-corrected chi connectivity index (χ0v) is 7.18. The average Bonchev–Trinajstić information content (AvgIpc) is 2.07. The molecule has 62 valence electrons. The second kappa shape index (κ2) is 4.32. The molecule has 1 heteroatoms. The third-order valence-corrected chi connectivity index (χ3v) is 2.58. The molecule has 0 bridgehead atoms. The van der Waals surface area contributed by atoms with Gasteiger partial charge in [0.25, 0.3) is 0 Å². The highest BCUT2D eigenvalue weighted by Crippen LogP contribution is 2.28. The molecule has 0 saturated heterocycles. The van der Waals surface area contributed by atoms with Gasteiger partial charge in [0.05, 0.1) is 0 Å². The molecule has 0 aromatic rings. The van der Waals surface area contributed by atoms with Crippen molar-refractivity contribution in [2.45, 2.75) is 39.0 Å². The molecule has 0 spiro atoms. The molecule has 0 heterocycles. The molecular formula is C10H16O. The van der Waals surface area contributed by atoms with Crippen LogP contribution in [0.15, 0.2) is 11.6 Å². The number of carbonyl (C=O) groups is 1. The number of aldehydes is 1. The lowest BCUT2D eigenvalue weighted by molar-refractivity contribution is -0.104. The highest BCUT2D eigenvalue weighted by Gasteiger charge is 2.13. The number of carbonyl (C=O) groups excluding carboxylic acids is 1. The zero-order valence-electron chi connectivity index (χ0n) is 7.18. The minimum atomic E-state index is 0.703. The summed E-state index contributed by atoms with van der Waals surface area (Å²) in [5, 5.41) is 0. The van der Waals surface area contributed by atoms with Gasteiger partial charge in [0, 0.05) is 0 Å². The molecule has 0 unspecified atom stereocenters.